The van der Waals surface area contributed by atoms with Crippen molar-refractivity contribution in [1.82, 2.24) is 0 Å². The molecule has 0 aromatic heterocycles. The molecule has 1 rings (SSSR count). The Morgan fingerprint density at radius 1 is 0.850 bits per heavy atom. The van der Waals surface area contributed by atoms with Gasteiger partial charge in [0.15, 0.2) is 0 Å². The Morgan fingerprint density at radius 2 is 1.45 bits per heavy atom. The van der Waals surface area contributed by atoms with Crippen LogP contribution >= 0.6 is 0 Å². The Morgan fingerprint density at radius 3 is 2.10 bits per heavy atom. The highest BCUT2D eigenvalue weighted by Gasteiger charge is 1.93. The lowest BCUT2D eigenvalue weighted by Gasteiger charge is -2.05. The highest BCUT2D eigenvalue weighted by Crippen LogP contribution is 2.09. The lowest BCUT2D eigenvalue weighted by atomic mass is 10.1. The third kappa shape index (κ3) is 9.62. The fourth-order valence-corrected chi connectivity index (χ4v) is 2.48. The van der Waals surface area contributed by atoms with Gasteiger partial charge in [-0.15, -0.1) is 0 Å². The monoisotopic (exact) mass is 295 g/mol. The standard InChI is InChI=1S/C16H25NO2S/c18-20(19)15-11-6-4-2-1-3-5-10-14-17-16-12-8-7-9-13-16/h7-9,12-13,15,17H,1-6,10-11,14H2. The van der Waals surface area contributed by atoms with Gasteiger partial charge in [0.2, 0.25) is 10.3 Å². The molecule has 0 saturated heterocycles. The molecule has 0 atom stereocenters. The smallest absolute Gasteiger partial charge is 0.209 e. The van der Waals surface area contributed by atoms with Crippen molar-refractivity contribution in [2.75, 3.05) is 11.9 Å². The van der Waals surface area contributed by atoms with Crippen LogP contribution in [-0.2, 0) is 10.3 Å². The van der Waals surface area contributed by atoms with Gasteiger partial charge in [-0.25, -0.2) is 0 Å². The molecule has 4 heteroatoms. The first-order chi connectivity index (χ1) is 9.79. The van der Waals surface area contributed by atoms with Gasteiger partial charge in [-0.3, -0.25) is 0 Å². The Kier molecular flexibility index (Phi) is 9.66. The normalized spacial score (nSPS) is 10.2. The van der Waals surface area contributed by atoms with Gasteiger partial charge >= 0.3 is 0 Å². The lowest BCUT2D eigenvalue weighted by molar-refractivity contribution is 0.591. The van der Waals surface area contributed by atoms with Crippen LogP contribution in [0.25, 0.3) is 0 Å². The molecular weight excluding hydrogens is 270 g/mol. The summed E-state index contributed by atoms with van der Waals surface area (Å²) in [5, 5.41) is 4.77. The average Bonchev–Trinajstić information content (AvgIpc) is 2.45. The van der Waals surface area contributed by atoms with E-state index >= 15 is 0 Å². The van der Waals surface area contributed by atoms with Gasteiger partial charge in [0.25, 0.3) is 0 Å². The van der Waals surface area contributed by atoms with Gasteiger partial charge in [0.1, 0.15) is 0 Å². The predicted octanol–water partition coefficient (Wildman–Crippen LogP) is 3.90. The number of benzene rings is 1. The van der Waals surface area contributed by atoms with Crippen molar-refractivity contribution in [3.63, 3.8) is 0 Å². The summed E-state index contributed by atoms with van der Waals surface area (Å²) in [6.45, 7) is 1.04. The summed E-state index contributed by atoms with van der Waals surface area (Å²) in [7, 11) is -1.98. The van der Waals surface area contributed by atoms with E-state index in [0.717, 1.165) is 19.4 Å². The number of hydrogen-bond acceptors (Lipinski definition) is 3. The second-order valence-corrected chi connectivity index (χ2v) is 5.84. The quantitative estimate of drug-likeness (QED) is 0.497. The highest BCUT2D eigenvalue weighted by atomic mass is 32.2. The summed E-state index contributed by atoms with van der Waals surface area (Å²) in [5.41, 5.74) is 1.19. The summed E-state index contributed by atoms with van der Waals surface area (Å²) < 4.78 is 20.6. The van der Waals surface area contributed by atoms with E-state index < -0.39 is 10.3 Å². The van der Waals surface area contributed by atoms with Crippen molar-refractivity contribution in [3.8, 4) is 0 Å². The maximum Gasteiger partial charge on any atom is 0.209 e. The summed E-state index contributed by atoms with van der Waals surface area (Å²) in [6.07, 6.45) is 9.02. The summed E-state index contributed by atoms with van der Waals surface area (Å²) in [5.74, 6) is 0. The molecule has 0 radical (unpaired) electrons. The molecule has 0 unspecified atom stereocenters. The molecule has 1 aromatic rings. The van der Waals surface area contributed by atoms with E-state index in [2.05, 4.69) is 17.4 Å². The van der Waals surface area contributed by atoms with Gasteiger partial charge < -0.3 is 5.32 Å². The molecule has 0 aliphatic heterocycles. The molecule has 3 nitrogen and oxygen atoms in total. The van der Waals surface area contributed by atoms with Gasteiger partial charge in [0.05, 0.1) is 0 Å². The molecular formula is C16H25NO2S. The molecule has 0 spiro atoms. The number of para-hydroxylation sites is 1. The third-order valence-electron chi connectivity index (χ3n) is 3.24. The Labute approximate surface area is 123 Å². The van der Waals surface area contributed by atoms with E-state index in [0.29, 0.717) is 6.42 Å². The van der Waals surface area contributed by atoms with E-state index in [9.17, 15) is 8.42 Å². The van der Waals surface area contributed by atoms with Gasteiger partial charge in [-0.1, -0.05) is 50.3 Å². The lowest BCUT2D eigenvalue weighted by Crippen LogP contribution is -2.00. The molecule has 0 aliphatic carbocycles. The predicted molar refractivity (Wildman–Crippen MR) is 86.9 cm³/mol. The fourth-order valence-electron chi connectivity index (χ4n) is 2.12. The largest absolute Gasteiger partial charge is 0.385 e. The molecule has 0 amide bonds. The minimum atomic E-state index is -1.98. The third-order valence-corrected chi connectivity index (χ3v) is 3.75. The Balaban J connectivity index is 1.84. The summed E-state index contributed by atoms with van der Waals surface area (Å²) in [6, 6.07) is 10.3. The van der Waals surface area contributed by atoms with Gasteiger partial charge in [0, 0.05) is 17.6 Å². The number of nitrogens with one attached hydrogen (secondary N) is 1. The second kappa shape index (κ2) is 11.5. The van der Waals surface area contributed by atoms with Crippen molar-refractivity contribution in [3.05, 3.63) is 30.3 Å². The first-order valence-corrected chi connectivity index (χ1v) is 8.63. The van der Waals surface area contributed by atoms with E-state index in [1.165, 1.54) is 43.2 Å². The number of hydrogen-bond donors (Lipinski definition) is 1. The summed E-state index contributed by atoms with van der Waals surface area (Å²) in [4.78, 5) is 0. The molecule has 0 bridgehead atoms. The highest BCUT2D eigenvalue weighted by molar-refractivity contribution is 7.71. The van der Waals surface area contributed by atoms with Crippen LogP contribution in [-0.4, -0.2) is 20.3 Å². The molecule has 1 N–H and O–H groups in total. The van der Waals surface area contributed by atoms with Crippen molar-refractivity contribution < 1.29 is 8.42 Å². The first-order valence-electron chi connectivity index (χ1n) is 7.49. The molecule has 112 valence electrons. The zero-order valence-corrected chi connectivity index (χ0v) is 12.9. The van der Waals surface area contributed by atoms with Gasteiger partial charge in [-0.05, 0) is 31.4 Å². The molecule has 0 aliphatic rings. The number of unbranched alkanes of at least 4 members (excludes halogenated alkanes) is 7. The Bertz CT molecular complexity index is 461. The number of anilines is 1. The fraction of sp³-hybridized carbons (Fsp3) is 0.562. The van der Waals surface area contributed by atoms with Crippen molar-refractivity contribution in [1.29, 1.82) is 0 Å². The second-order valence-electron chi connectivity index (χ2n) is 4.98. The van der Waals surface area contributed by atoms with Crippen LogP contribution in [0.2, 0.25) is 0 Å². The topological polar surface area (TPSA) is 46.2 Å². The SMILES string of the molecule is O=S(=O)=CCCCCCCCCCNc1ccccc1. The maximum atomic E-state index is 10.3. The van der Waals surface area contributed by atoms with Crippen molar-refractivity contribution >= 4 is 21.3 Å². The van der Waals surface area contributed by atoms with E-state index in [1.807, 2.05) is 18.2 Å². The molecule has 0 saturated carbocycles. The van der Waals surface area contributed by atoms with Crippen LogP contribution in [0, 0.1) is 0 Å². The van der Waals surface area contributed by atoms with E-state index in [4.69, 9.17) is 0 Å². The van der Waals surface area contributed by atoms with Crippen molar-refractivity contribution in [2.24, 2.45) is 0 Å². The molecule has 0 heterocycles. The number of rotatable bonds is 11. The summed E-state index contributed by atoms with van der Waals surface area (Å²) >= 11 is 0. The van der Waals surface area contributed by atoms with Crippen LogP contribution < -0.4 is 5.32 Å². The van der Waals surface area contributed by atoms with Gasteiger partial charge in [-0.2, -0.15) is 8.42 Å². The minimum absolute atomic E-state index is 0.692. The van der Waals surface area contributed by atoms with Crippen LogP contribution in [0.1, 0.15) is 51.4 Å². The average molecular weight is 295 g/mol. The van der Waals surface area contributed by atoms with Crippen LogP contribution in [0.4, 0.5) is 5.69 Å². The zero-order valence-electron chi connectivity index (χ0n) is 12.1. The first kappa shape index (κ1) is 16.8. The van der Waals surface area contributed by atoms with E-state index in [-0.39, 0.29) is 0 Å². The minimum Gasteiger partial charge on any atom is -0.385 e. The van der Waals surface area contributed by atoms with Crippen LogP contribution in [0.5, 0.6) is 0 Å². The van der Waals surface area contributed by atoms with Crippen LogP contribution in [0.15, 0.2) is 30.3 Å². The van der Waals surface area contributed by atoms with Crippen molar-refractivity contribution in [2.45, 2.75) is 51.4 Å². The molecule has 1 aromatic carbocycles. The molecule has 0 fully saturated rings. The molecule has 20 heavy (non-hydrogen) atoms. The maximum absolute atomic E-state index is 10.3. The van der Waals surface area contributed by atoms with E-state index in [1.54, 1.807) is 0 Å². The Hall–Kier alpha value is -1.29. The zero-order chi connectivity index (χ0) is 14.5. The van der Waals surface area contributed by atoms with Crippen LogP contribution in [0.3, 0.4) is 0 Å².